The van der Waals surface area contributed by atoms with Gasteiger partial charge in [-0.1, -0.05) is 98.3 Å². The van der Waals surface area contributed by atoms with Gasteiger partial charge in [-0.3, -0.25) is 0 Å². The fraction of sp³-hybridized carbons (Fsp3) is 0.786. The average molecular weight is 713 g/mol. The van der Waals surface area contributed by atoms with E-state index in [1.54, 1.807) is 11.1 Å². The van der Waals surface area contributed by atoms with E-state index in [1.165, 1.54) is 12.8 Å². The molecule has 49 heavy (non-hydrogen) atoms. The maximum absolute atomic E-state index is 13.6. The number of carbonyl (C=O) groups is 1. The first kappa shape index (κ1) is 40.5. The Kier molecular flexibility index (Phi) is 12.1. The number of fused-ring (bicyclic) bond motifs is 1. The number of rotatable bonds is 11. The molecular weight excluding hydrogens is 641 g/mol. The average Bonchev–Trinajstić information content (AvgIpc) is 3.60. The number of esters is 1. The molecule has 3 saturated carbocycles. The molecule has 4 aliphatic carbocycles. The summed E-state index contributed by atoms with van der Waals surface area (Å²) in [6, 6.07) is 0. The molecule has 0 bridgehead atoms. The van der Waals surface area contributed by atoms with Gasteiger partial charge in [-0.2, -0.15) is 0 Å². The molecule has 0 aromatic rings. The third kappa shape index (κ3) is 8.69. The summed E-state index contributed by atoms with van der Waals surface area (Å²) in [5.41, 5.74) is 5.22. The van der Waals surface area contributed by atoms with Gasteiger partial charge in [0.05, 0.1) is 6.10 Å². The van der Waals surface area contributed by atoms with Gasteiger partial charge in [0.2, 0.25) is 0 Å². The number of allylic oxidation sites excluding steroid dienone is 5. The summed E-state index contributed by atoms with van der Waals surface area (Å²) < 4.78 is 27.6. The molecule has 4 atom stereocenters. The summed E-state index contributed by atoms with van der Waals surface area (Å²) in [7, 11) is -4.57. The van der Waals surface area contributed by atoms with Gasteiger partial charge in [-0.05, 0) is 123 Å². The van der Waals surface area contributed by atoms with Gasteiger partial charge in [0.15, 0.2) is 22.4 Å². The second-order valence-electron chi connectivity index (χ2n) is 19.1. The normalized spacial score (nSPS) is 31.3. The number of carbonyl (C=O) groups excluding carboxylic acids is 1. The van der Waals surface area contributed by atoms with E-state index in [2.05, 4.69) is 107 Å². The first-order chi connectivity index (χ1) is 22.5. The molecular formula is C42H72O5Si2. The molecule has 7 heteroatoms. The smallest absolute Gasteiger partial charge is 0.332 e. The highest BCUT2D eigenvalue weighted by Crippen LogP contribution is 2.56. The summed E-state index contributed by atoms with van der Waals surface area (Å²) >= 11 is 0. The van der Waals surface area contributed by atoms with Crippen LogP contribution in [0.3, 0.4) is 0 Å². The van der Waals surface area contributed by atoms with Crippen LogP contribution in [0.1, 0.15) is 139 Å². The molecule has 0 unspecified atom stereocenters. The third-order valence-corrected chi connectivity index (χ3v) is 22.8. The van der Waals surface area contributed by atoms with E-state index < -0.39 is 22.4 Å². The predicted molar refractivity (Wildman–Crippen MR) is 210 cm³/mol. The number of ether oxygens (including phenoxy) is 2. The lowest BCUT2D eigenvalue weighted by Gasteiger charge is -2.51. The molecule has 3 fully saturated rings. The van der Waals surface area contributed by atoms with Crippen molar-refractivity contribution in [1.82, 2.24) is 0 Å². The molecule has 0 N–H and O–H groups in total. The van der Waals surface area contributed by atoms with Crippen LogP contribution in [-0.4, -0.2) is 46.7 Å². The van der Waals surface area contributed by atoms with Gasteiger partial charge in [-0.25, -0.2) is 4.79 Å². The molecule has 0 aromatic heterocycles. The molecule has 4 aliphatic rings. The van der Waals surface area contributed by atoms with Crippen molar-refractivity contribution in [2.24, 2.45) is 11.3 Å². The van der Waals surface area contributed by atoms with E-state index in [4.69, 9.17) is 24.9 Å². The zero-order valence-corrected chi connectivity index (χ0v) is 35.8. The van der Waals surface area contributed by atoms with Crippen molar-refractivity contribution >= 4 is 22.6 Å². The lowest BCUT2D eigenvalue weighted by Crippen LogP contribution is -2.56. The van der Waals surface area contributed by atoms with E-state index in [0.29, 0.717) is 18.8 Å². The van der Waals surface area contributed by atoms with E-state index in [-0.39, 0.29) is 39.8 Å². The summed E-state index contributed by atoms with van der Waals surface area (Å²) in [5.74, 6) is -0.756. The Balaban J connectivity index is 1.75. The Morgan fingerprint density at radius 1 is 0.959 bits per heavy atom. The van der Waals surface area contributed by atoms with E-state index in [0.717, 1.165) is 62.5 Å². The highest BCUT2D eigenvalue weighted by molar-refractivity contribution is 6.74. The Bertz CT molecular complexity index is 1320. The lowest BCUT2D eigenvalue weighted by molar-refractivity contribution is -0.220. The van der Waals surface area contributed by atoms with Crippen LogP contribution in [0.4, 0.5) is 0 Å². The van der Waals surface area contributed by atoms with Gasteiger partial charge < -0.3 is 18.3 Å². The minimum Gasteiger partial charge on any atom is -0.457 e. The number of hydrogen-bond donors (Lipinski definition) is 0. The topological polar surface area (TPSA) is 54.0 Å². The standard InChI is InChI=1S/C42H72O5Si2/c1-15-34-23-24-35-32(20-19-25-40(34,35)10)21-22-33-28-42(47-49(13,14)39(7,8)9,29-36(31(33)3)46-48(11,12)38(4,5)6)44-30-37(43)45-41(16-2)26-17-18-27-41/h21-23,35-36H,3,15-20,24-30H2,1-2,4-14H3/t35-,36-,40+,42+/m0/s1. The zero-order valence-electron chi connectivity index (χ0n) is 33.8. The fourth-order valence-corrected chi connectivity index (χ4v) is 11.1. The van der Waals surface area contributed by atoms with Crippen LogP contribution in [0.5, 0.6) is 0 Å². The van der Waals surface area contributed by atoms with Crippen LogP contribution < -0.4 is 0 Å². The summed E-state index contributed by atoms with van der Waals surface area (Å²) in [6.07, 6.45) is 18.8. The van der Waals surface area contributed by atoms with Crippen LogP contribution >= 0.6 is 0 Å². The third-order valence-electron chi connectivity index (χ3n) is 13.8. The fourth-order valence-electron chi connectivity index (χ4n) is 8.41. The van der Waals surface area contributed by atoms with Gasteiger partial charge in [-0.15, -0.1) is 0 Å². The van der Waals surface area contributed by atoms with Crippen molar-refractivity contribution in [3.8, 4) is 0 Å². The SMILES string of the molecule is C=C1C(=CC=C2CCC[C@]3(C)C(CC)=CC[C@@H]23)C[C@@](OCC(=O)OC2(CC)CCCC2)(O[Si](C)(C)C(C)(C)C)C[C@@H]1O[Si](C)(C)C(C)(C)C. The van der Waals surface area contributed by atoms with E-state index in [1.807, 2.05) is 0 Å². The van der Waals surface area contributed by atoms with Gasteiger partial charge >= 0.3 is 5.97 Å². The number of hydrogen-bond acceptors (Lipinski definition) is 5. The van der Waals surface area contributed by atoms with Crippen molar-refractivity contribution in [3.05, 3.63) is 47.1 Å². The van der Waals surface area contributed by atoms with Gasteiger partial charge in [0.1, 0.15) is 12.2 Å². The Hall–Kier alpha value is -1.26. The first-order valence-corrected chi connectivity index (χ1v) is 25.4. The molecule has 0 aromatic carbocycles. The highest BCUT2D eigenvalue weighted by atomic mass is 28.4. The van der Waals surface area contributed by atoms with Crippen molar-refractivity contribution in [2.75, 3.05) is 6.61 Å². The molecule has 0 heterocycles. The largest absolute Gasteiger partial charge is 0.457 e. The quantitative estimate of drug-likeness (QED) is 0.0924. The van der Waals surface area contributed by atoms with Crippen molar-refractivity contribution < 1.29 is 23.1 Å². The first-order valence-electron chi connectivity index (χ1n) is 19.5. The maximum atomic E-state index is 13.6. The monoisotopic (exact) mass is 712 g/mol. The summed E-state index contributed by atoms with van der Waals surface area (Å²) in [6.45, 7) is 34.3. The second kappa shape index (κ2) is 14.6. The van der Waals surface area contributed by atoms with Gasteiger partial charge in [0, 0.05) is 12.8 Å². The van der Waals surface area contributed by atoms with Crippen molar-refractivity contribution in [1.29, 1.82) is 0 Å². The van der Waals surface area contributed by atoms with Crippen LogP contribution in [0.2, 0.25) is 36.3 Å². The predicted octanol–water partition coefficient (Wildman–Crippen LogP) is 12.1. The van der Waals surface area contributed by atoms with E-state index in [9.17, 15) is 4.79 Å². The molecule has 0 spiro atoms. The minimum atomic E-state index is -2.37. The zero-order chi connectivity index (χ0) is 36.7. The molecule has 0 amide bonds. The van der Waals surface area contributed by atoms with Crippen LogP contribution in [0, 0.1) is 11.3 Å². The summed E-state index contributed by atoms with van der Waals surface area (Å²) in [4.78, 5) is 13.6. The lowest BCUT2D eigenvalue weighted by atomic mass is 9.64. The molecule has 5 nitrogen and oxygen atoms in total. The molecule has 0 saturated heterocycles. The van der Waals surface area contributed by atoms with Crippen molar-refractivity contribution in [3.63, 3.8) is 0 Å². The van der Waals surface area contributed by atoms with Crippen molar-refractivity contribution in [2.45, 2.75) is 193 Å². The highest BCUT2D eigenvalue weighted by Gasteiger charge is 2.52. The molecule has 0 radical (unpaired) electrons. The molecule has 4 rings (SSSR count). The Labute approximate surface area is 303 Å². The van der Waals surface area contributed by atoms with Gasteiger partial charge in [0.25, 0.3) is 0 Å². The van der Waals surface area contributed by atoms with E-state index >= 15 is 0 Å². The Morgan fingerprint density at radius 2 is 1.59 bits per heavy atom. The van der Waals surface area contributed by atoms with Crippen LogP contribution in [-0.2, 0) is 23.1 Å². The molecule has 0 aliphatic heterocycles. The summed E-state index contributed by atoms with van der Waals surface area (Å²) in [5, 5.41) is -0.0198. The molecule has 278 valence electrons. The Morgan fingerprint density at radius 3 is 2.16 bits per heavy atom. The van der Waals surface area contributed by atoms with Crippen LogP contribution in [0.15, 0.2) is 47.1 Å². The van der Waals surface area contributed by atoms with Crippen LogP contribution in [0.25, 0.3) is 0 Å². The maximum Gasteiger partial charge on any atom is 0.332 e. The second-order valence-corrected chi connectivity index (χ2v) is 28.6. The minimum absolute atomic E-state index is 0.0267.